The largest absolute Gasteiger partial charge is 0.385 e. The molecule has 0 aromatic heterocycles. The Morgan fingerprint density at radius 1 is 1.53 bits per heavy atom. The van der Waals surface area contributed by atoms with E-state index in [9.17, 15) is 8.42 Å². The Morgan fingerprint density at radius 3 is 2.82 bits per heavy atom. The summed E-state index contributed by atoms with van der Waals surface area (Å²) in [6, 6.07) is 0.285. The molecule has 1 heterocycles. The number of piperidine rings is 1. The van der Waals surface area contributed by atoms with Crippen LogP contribution in [-0.4, -0.2) is 57.9 Å². The molecule has 0 amide bonds. The molecule has 17 heavy (non-hydrogen) atoms. The smallest absolute Gasteiger partial charge is 0.216 e. The third kappa shape index (κ3) is 3.91. The van der Waals surface area contributed by atoms with Crippen LogP contribution in [0, 0.1) is 0 Å². The number of methoxy groups -OCH3 is 1. The Labute approximate surface area is 105 Å². The molecule has 0 spiro atoms. The van der Waals surface area contributed by atoms with Gasteiger partial charge in [-0.15, -0.1) is 0 Å². The van der Waals surface area contributed by atoms with Gasteiger partial charge in [-0.3, -0.25) is 0 Å². The van der Waals surface area contributed by atoms with Crippen LogP contribution in [0.15, 0.2) is 0 Å². The van der Waals surface area contributed by atoms with Gasteiger partial charge in [0.1, 0.15) is 0 Å². The molecule has 1 rings (SSSR count). The fraction of sp³-hybridized carbons (Fsp3) is 1.00. The van der Waals surface area contributed by atoms with Crippen molar-refractivity contribution in [3.63, 3.8) is 0 Å². The van der Waals surface area contributed by atoms with E-state index >= 15 is 0 Å². The molecule has 0 aromatic rings. The van der Waals surface area contributed by atoms with Gasteiger partial charge in [-0.2, -0.15) is 0 Å². The Bertz CT molecular complexity index is 319. The highest BCUT2D eigenvalue weighted by atomic mass is 32.2. The maximum atomic E-state index is 12.3. The minimum absolute atomic E-state index is 0.285. The monoisotopic (exact) mass is 264 g/mol. The number of hydrogen-bond donors (Lipinski definition) is 1. The maximum Gasteiger partial charge on any atom is 0.216 e. The lowest BCUT2D eigenvalue weighted by atomic mass is 10.1. The Balaban J connectivity index is 2.62. The van der Waals surface area contributed by atoms with Crippen LogP contribution in [0.1, 0.15) is 26.2 Å². The van der Waals surface area contributed by atoms with E-state index in [2.05, 4.69) is 5.32 Å². The summed E-state index contributed by atoms with van der Waals surface area (Å²) in [6.45, 7) is 3.50. The van der Waals surface area contributed by atoms with Crippen LogP contribution in [0.25, 0.3) is 0 Å². The first-order chi connectivity index (χ1) is 8.02. The molecule has 1 N–H and O–H groups in total. The molecule has 5 nitrogen and oxygen atoms in total. The van der Waals surface area contributed by atoms with E-state index in [4.69, 9.17) is 4.74 Å². The topological polar surface area (TPSA) is 58.6 Å². The van der Waals surface area contributed by atoms with Gasteiger partial charge in [-0.05, 0) is 33.2 Å². The zero-order valence-electron chi connectivity index (χ0n) is 11.0. The molecule has 6 heteroatoms. The molecule has 0 radical (unpaired) electrons. The Hall–Kier alpha value is -0.170. The van der Waals surface area contributed by atoms with Crippen molar-refractivity contribution in [1.82, 2.24) is 9.62 Å². The van der Waals surface area contributed by atoms with Gasteiger partial charge in [-0.1, -0.05) is 0 Å². The van der Waals surface area contributed by atoms with E-state index in [1.165, 1.54) is 0 Å². The first-order valence-corrected chi connectivity index (χ1v) is 7.67. The molecule has 1 aliphatic rings. The fourth-order valence-corrected chi connectivity index (χ4v) is 3.77. The molecule has 1 saturated heterocycles. The number of nitrogens with one attached hydrogen (secondary N) is 1. The second-order valence-electron chi connectivity index (χ2n) is 4.62. The number of ether oxygens (including phenoxy) is 1. The van der Waals surface area contributed by atoms with Crippen LogP contribution in [0.3, 0.4) is 0 Å². The normalized spacial score (nSPS) is 24.8. The first-order valence-electron chi connectivity index (χ1n) is 6.17. The maximum absolute atomic E-state index is 12.3. The van der Waals surface area contributed by atoms with Crippen molar-refractivity contribution in [2.45, 2.75) is 37.5 Å². The standard InChI is InChI=1S/C11H24N2O3S/c1-10(6-8-16-3)17(14,15)13-7-4-5-11(9-13)12-2/h10-12H,4-9H2,1-3H3/t10-,11+/m0/s1. The van der Waals surface area contributed by atoms with Crippen molar-refractivity contribution >= 4 is 10.0 Å². The van der Waals surface area contributed by atoms with Crippen molar-refractivity contribution in [1.29, 1.82) is 0 Å². The zero-order chi connectivity index (χ0) is 12.9. The SMILES string of the molecule is CN[C@@H]1CCCN(S(=O)(=O)[C@@H](C)CCOC)C1. The highest BCUT2D eigenvalue weighted by molar-refractivity contribution is 7.89. The highest BCUT2D eigenvalue weighted by Crippen LogP contribution is 2.18. The summed E-state index contributed by atoms with van der Waals surface area (Å²) in [5.74, 6) is 0. The van der Waals surface area contributed by atoms with Gasteiger partial charge < -0.3 is 10.1 Å². The molecule has 0 bridgehead atoms. The average Bonchev–Trinajstić information content (AvgIpc) is 2.35. The van der Waals surface area contributed by atoms with Gasteiger partial charge in [0.25, 0.3) is 0 Å². The van der Waals surface area contributed by atoms with E-state index in [0.29, 0.717) is 26.1 Å². The highest BCUT2D eigenvalue weighted by Gasteiger charge is 2.32. The first kappa shape index (κ1) is 14.9. The molecule has 1 aliphatic heterocycles. The molecular weight excluding hydrogens is 240 g/mol. The molecule has 0 aliphatic carbocycles. The van der Waals surface area contributed by atoms with Gasteiger partial charge in [0.2, 0.25) is 10.0 Å². The van der Waals surface area contributed by atoms with Crippen LogP contribution < -0.4 is 5.32 Å². The molecule has 1 fully saturated rings. The Kier molecular flexibility index (Phi) is 5.85. The van der Waals surface area contributed by atoms with Crippen LogP contribution in [0.4, 0.5) is 0 Å². The molecule has 102 valence electrons. The quantitative estimate of drug-likeness (QED) is 0.755. The lowest BCUT2D eigenvalue weighted by Gasteiger charge is -2.33. The van der Waals surface area contributed by atoms with Gasteiger partial charge in [0.05, 0.1) is 5.25 Å². The van der Waals surface area contributed by atoms with Crippen molar-refractivity contribution in [2.24, 2.45) is 0 Å². The van der Waals surface area contributed by atoms with Gasteiger partial charge in [0, 0.05) is 32.8 Å². The van der Waals surface area contributed by atoms with E-state index in [1.54, 1.807) is 18.3 Å². The molecule has 0 aromatic carbocycles. The van der Waals surface area contributed by atoms with Gasteiger partial charge >= 0.3 is 0 Å². The van der Waals surface area contributed by atoms with E-state index in [-0.39, 0.29) is 11.3 Å². The molecule has 0 saturated carbocycles. The summed E-state index contributed by atoms with van der Waals surface area (Å²) < 4.78 is 31.2. The van der Waals surface area contributed by atoms with Crippen molar-refractivity contribution < 1.29 is 13.2 Å². The van der Waals surface area contributed by atoms with Crippen molar-refractivity contribution in [3.8, 4) is 0 Å². The second-order valence-corrected chi connectivity index (χ2v) is 6.97. The number of hydrogen-bond acceptors (Lipinski definition) is 4. The molecule has 0 unspecified atom stereocenters. The number of rotatable bonds is 6. The summed E-state index contributed by atoms with van der Waals surface area (Å²) in [4.78, 5) is 0. The third-order valence-corrected chi connectivity index (χ3v) is 5.69. The predicted octanol–water partition coefficient (Wildman–Crippen LogP) is 0.425. The van der Waals surface area contributed by atoms with Crippen molar-refractivity contribution in [2.75, 3.05) is 33.9 Å². The van der Waals surface area contributed by atoms with E-state index in [0.717, 1.165) is 12.8 Å². The average molecular weight is 264 g/mol. The third-order valence-electron chi connectivity index (χ3n) is 3.39. The summed E-state index contributed by atoms with van der Waals surface area (Å²) in [5.41, 5.74) is 0. The second kappa shape index (κ2) is 6.68. The molecular formula is C11H24N2O3S. The summed E-state index contributed by atoms with van der Waals surface area (Å²) in [5, 5.41) is 2.79. The van der Waals surface area contributed by atoms with Gasteiger partial charge in [0.15, 0.2) is 0 Å². The lowest BCUT2D eigenvalue weighted by Crippen LogP contribution is -2.49. The molecule has 2 atom stereocenters. The number of likely N-dealkylation sites (N-methyl/N-ethyl adjacent to an activating group) is 1. The van der Waals surface area contributed by atoms with Crippen LogP contribution >= 0.6 is 0 Å². The van der Waals surface area contributed by atoms with E-state index < -0.39 is 10.0 Å². The summed E-state index contributed by atoms with van der Waals surface area (Å²) in [7, 11) is 0.315. The fourth-order valence-electron chi connectivity index (χ4n) is 2.10. The summed E-state index contributed by atoms with van der Waals surface area (Å²) >= 11 is 0. The van der Waals surface area contributed by atoms with E-state index in [1.807, 2.05) is 7.05 Å². The van der Waals surface area contributed by atoms with Crippen LogP contribution in [-0.2, 0) is 14.8 Å². The minimum atomic E-state index is -3.16. The van der Waals surface area contributed by atoms with Crippen LogP contribution in [0.2, 0.25) is 0 Å². The number of nitrogens with zero attached hydrogens (tertiary/aromatic N) is 1. The van der Waals surface area contributed by atoms with Crippen LogP contribution in [0.5, 0.6) is 0 Å². The Morgan fingerprint density at radius 2 is 2.24 bits per heavy atom. The van der Waals surface area contributed by atoms with Crippen molar-refractivity contribution in [3.05, 3.63) is 0 Å². The lowest BCUT2D eigenvalue weighted by molar-refractivity contribution is 0.193. The predicted molar refractivity (Wildman–Crippen MR) is 68.5 cm³/mol. The van der Waals surface area contributed by atoms with Gasteiger partial charge in [-0.25, -0.2) is 12.7 Å². The number of sulfonamides is 1. The summed E-state index contributed by atoms with van der Waals surface area (Å²) in [6.07, 6.45) is 2.54. The minimum Gasteiger partial charge on any atom is -0.385 e. The zero-order valence-corrected chi connectivity index (χ0v) is 11.8.